The third kappa shape index (κ3) is 7.14. The van der Waals surface area contributed by atoms with Crippen LogP contribution in [0.3, 0.4) is 0 Å². The van der Waals surface area contributed by atoms with Crippen molar-refractivity contribution in [2.24, 2.45) is 11.8 Å². The number of amides is 3. The number of hydrogen-bond donors (Lipinski definition) is 2. The molecule has 0 aliphatic carbocycles. The number of likely N-dealkylation sites (tertiary alicyclic amines) is 1. The van der Waals surface area contributed by atoms with Gasteiger partial charge in [0.15, 0.2) is 0 Å². The van der Waals surface area contributed by atoms with Crippen molar-refractivity contribution in [1.82, 2.24) is 15.5 Å². The summed E-state index contributed by atoms with van der Waals surface area (Å²) in [6.45, 7) is 0.129. The topological polar surface area (TPSA) is 105 Å². The van der Waals surface area contributed by atoms with E-state index in [1.807, 2.05) is 66.7 Å². The summed E-state index contributed by atoms with van der Waals surface area (Å²) < 4.78 is 44.6. The van der Waals surface area contributed by atoms with E-state index in [-0.39, 0.29) is 36.8 Å². The SMILES string of the molecule is COC(=O)CC[C@@H](C(=O)NCc1cccc(C(F)(F)F)c1)N1C(=O)[C@@H](C2C(=O)NC[C@@H]2c2ccccc2)[C@H]1C=Cc1ccccc1. The number of nitrogens with one attached hydrogen (secondary N) is 2. The molecule has 3 amide bonds. The number of nitrogens with zero attached hydrogens (tertiary/aromatic N) is 1. The Morgan fingerprint density at radius 3 is 2.37 bits per heavy atom. The molecule has 0 bridgehead atoms. The summed E-state index contributed by atoms with van der Waals surface area (Å²) in [5.74, 6) is -3.67. The van der Waals surface area contributed by atoms with Gasteiger partial charge >= 0.3 is 12.1 Å². The number of halogens is 3. The van der Waals surface area contributed by atoms with E-state index < -0.39 is 53.4 Å². The van der Waals surface area contributed by atoms with E-state index in [0.29, 0.717) is 6.54 Å². The van der Waals surface area contributed by atoms with Gasteiger partial charge in [-0.05, 0) is 35.2 Å². The molecule has 3 aromatic rings. The summed E-state index contributed by atoms with van der Waals surface area (Å²) in [5, 5.41) is 5.55. The number of rotatable bonds is 11. The van der Waals surface area contributed by atoms with Gasteiger partial charge in [-0.2, -0.15) is 13.2 Å². The Morgan fingerprint density at radius 2 is 1.70 bits per heavy atom. The van der Waals surface area contributed by atoms with Crippen LogP contribution in [0.4, 0.5) is 13.2 Å². The number of hydrogen-bond acceptors (Lipinski definition) is 5. The van der Waals surface area contributed by atoms with Crippen LogP contribution >= 0.6 is 0 Å². The average molecular weight is 634 g/mol. The Balaban J connectivity index is 1.45. The zero-order chi connectivity index (χ0) is 32.8. The van der Waals surface area contributed by atoms with Gasteiger partial charge in [-0.25, -0.2) is 0 Å². The van der Waals surface area contributed by atoms with Gasteiger partial charge in [-0.15, -0.1) is 0 Å². The first-order valence-electron chi connectivity index (χ1n) is 15.0. The fourth-order valence-corrected chi connectivity index (χ4v) is 6.26. The van der Waals surface area contributed by atoms with E-state index in [9.17, 15) is 32.3 Å². The summed E-state index contributed by atoms with van der Waals surface area (Å²) in [7, 11) is 1.21. The zero-order valence-corrected chi connectivity index (χ0v) is 25.1. The Kier molecular flexibility index (Phi) is 9.89. The second-order valence-corrected chi connectivity index (χ2v) is 11.4. The zero-order valence-electron chi connectivity index (χ0n) is 25.1. The van der Waals surface area contributed by atoms with E-state index in [2.05, 4.69) is 10.6 Å². The number of methoxy groups -OCH3 is 1. The van der Waals surface area contributed by atoms with Crippen molar-refractivity contribution in [3.8, 4) is 0 Å². The van der Waals surface area contributed by atoms with Crippen LogP contribution in [0.15, 0.2) is 91.0 Å². The summed E-state index contributed by atoms with van der Waals surface area (Å²) in [5.41, 5.74) is 1.12. The summed E-state index contributed by atoms with van der Waals surface area (Å²) in [6, 6.07) is 21.5. The quantitative estimate of drug-likeness (QED) is 0.235. The molecule has 8 nitrogen and oxygen atoms in total. The monoisotopic (exact) mass is 633 g/mol. The fraction of sp³-hybridized carbons (Fsp3) is 0.314. The molecule has 2 heterocycles. The average Bonchev–Trinajstić information content (AvgIpc) is 3.43. The molecule has 1 unspecified atom stereocenters. The molecule has 2 fully saturated rings. The third-order valence-corrected chi connectivity index (χ3v) is 8.57. The number of carbonyl (C=O) groups is 4. The highest BCUT2D eigenvalue weighted by molar-refractivity contribution is 5.98. The number of ether oxygens (including phenoxy) is 1. The van der Waals surface area contributed by atoms with Gasteiger partial charge in [0.25, 0.3) is 0 Å². The van der Waals surface area contributed by atoms with Gasteiger partial charge < -0.3 is 20.3 Å². The lowest BCUT2D eigenvalue weighted by molar-refractivity contribution is -0.168. The normalized spacial score (nSPS) is 21.9. The van der Waals surface area contributed by atoms with Crippen LogP contribution in [0.2, 0.25) is 0 Å². The van der Waals surface area contributed by atoms with Crippen LogP contribution < -0.4 is 10.6 Å². The van der Waals surface area contributed by atoms with Crippen molar-refractivity contribution in [3.63, 3.8) is 0 Å². The second kappa shape index (κ2) is 14.0. The van der Waals surface area contributed by atoms with Gasteiger partial charge in [-0.1, -0.05) is 84.9 Å². The lowest BCUT2D eigenvalue weighted by atomic mass is 9.70. The van der Waals surface area contributed by atoms with Gasteiger partial charge in [-0.3, -0.25) is 19.2 Å². The van der Waals surface area contributed by atoms with Crippen molar-refractivity contribution >= 4 is 29.8 Å². The number of alkyl halides is 3. The lowest BCUT2D eigenvalue weighted by Crippen LogP contribution is -2.69. The maximum absolute atomic E-state index is 14.1. The van der Waals surface area contributed by atoms with Crippen molar-refractivity contribution in [2.75, 3.05) is 13.7 Å². The van der Waals surface area contributed by atoms with Crippen LogP contribution in [-0.2, 0) is 36.6 Å². The molecule has 2 N–H and O–H groups in total. The molecule has 5 rings (SSSR count). The summed E-state index contributed by atoms with van der Waals surface area (Å²) >= 11 is 0. The fourth-order valence-electron chi connectivity index (χ4n) is 6.26. The molecule has 0 spiro atoms. The number of esters is 1. The highest BCUT2D eigenvalue weighted by Crippen LogP contribution is 2.44. The minimum Gasteiger partial charge on any atom is -0.469 e. The van der Waals surface area contributed by atoms with Crippen LogP contribution in [0.1, 0.15) is 41.0 Å². The number of benzene rings is 3. The largest absolute Gasteiger partial charge is 0.469 e. The maximum atomic E-state index is 14.1. The Hall–Kier alpha value is -4.93. The van der Waals surface area contributed by atoms with Crippen LogP contribution in [0.5, 0.6) is 0 Å². The van der Waals surface area contributed by atoms with Gasteiger partial charge in [0.2, 0.25) is 17.7 Å². The number of carbonyl (C=O) groups excluding carboxylic acids is 4. The number of β-lactam (4-membered cyclic amide) rings is 1. The van der Waals surface area contributed by atoms with E-state index in [0.717, 1.165) is 23.3 Å². The molecular formula is C35H34F3N3O5. The second-order valence-electron chi connectivity index (χ2n) is 11.4. The molecule has 0 radical (unpaired) electrons. The van der Waals surface area contributed by atoms with E-state index >= 15 is 0 Å². The van der Waals surface area contributed by atoms with Gasteiger partial charge in [0, 0.05) is 25.4 Å². The van der Waals surface area contributed by atoms with E-state index in [1.54, 1.807) is 6.08 Å². The van der Waals surface area contributed by atoms with Crippen LogP contribution in [-0.4, -0.2) is 54.3 Å². The molecule has 2 aliphatic heterocycles. The Labute approximate surface area is 264 Å². The highest BCUT2D eigenvalue weighted by Gasteiger charge is 2.58. The van der Waals surface area contributed by atoms with Crippen molar-refractivity contribution in [3.05, 3.63) is 113 Å². The summed E-state index contributed by atoms with van der Waals surface area (Å²) in [6.07, 6.45) is -1.21. The summed E-state index contributed by atoms with van der Waals surface area (Å²) in [4.78, 5) is 54.5. The molecule has 2 aliphatic rings. The Bertz CT molecular complexity index is 1600. The van der Waals surface area contributed by atoms with Gasteiger partial charge in [0.1, 0.15) is 6.04 Å². The molecule has 11 heteroatoms. The first kappa shape index (κ1) is 32.5. The van der Waals surface area contributed by atoms with E-state index in [1.165, 1.54) is 24.1 Å². The molecule has 46 heavy (non-hydrogen) atoms. The maximum Gasteiger partial charge on any atom is 0.416 e. The smallest absolute Gasteiger partial charge is 0.416 e. The highest BCUT2D eigenvalue weighted by atomic mass is 19.4. The minimum atomic E-state index is -4.55. The van der Waals surface area contributed by atoms with Crippen molar-refractivity contribution < 1.29 is 37.1 Å². The van der Waals surface area contributed by atoms with E-state index in [4.69, 9.17) is 4.74 Å². The first-order chi connectivity index (χ1) is 22.1. The predicted octanol–water partition coefficient (Wildman–Crippen LogP) is 4.71. The van der Waals surface area contributed by atoms with Crippen LogP contribution in [0.25, 0.3) is 6.08 Å². The minimum absolute atomic E-state index is 0.0891. The third-order valence-electron chi connectivity index (χ3n) is 8.57. The first-order valence-corrected chi connectivity index (χ1v) is 15.0. The molecule has 3 aromatic carbocycles. The molecule has 5 atom stereocenters. The van der Waals surface area contributed by atoms with Crippen LogP contribution in [0, 0.1) is 11.8 Å². The van der Waals surface area contributed by atoms with Crippen molar-refractivity contribution in [2.45, 2.75) is 43.6 Å². The lowest BCUT2D eigenvalue weighted by Gasteiger charge is -2.51. The molecule has 0 aromatic heterocycles. The van der Waals surface area contributed by atoms with Crippen molar-refractivity contribution in [1.29, 1.82) is 0 Å². The Morgan fingerprint density at radius 1 is 1.00 bits per heavy atom. The standard InChI is InChI=1S/C35H34F3N3O5/c1-46-29(42)18-17-28(32(43)39-20-23-11-8-14-25(19-23)35(36,37)38)41-27(16-15-22-9-4-2-5-10-22)31(34(41)45)30-26(21-40-33(30)44)24-12-6-3-7-13-24/h2-16,19,26-28,30-31H,17-18,20-21H2,1H3,(H,39,43)(H,40,44)/t26-,27-,28+,30?,31-/m1/s1. The van der Waals surface area contributed by atoms with Gasteiger partial charge in [0.05, 0.1) is 30.6 Å². The molecule has 240 valence electrons. The molecule has 0 saturated carbocycles. The molecule has 2 saturated heterocycles. The molecular weight excluding hydrogens is 599 g/mol. The predicted molar refractivity (Wildman–Crippen MR) is 164 cm³/mol.